The summed E-state index contributed by atoms with van der Waals surface area (Å²) in [6, 6.07) is 4.44. The number of benzene rings is 1. The molecule has 2 nitrogen and oxygen atoms in total. The normalized spacial score (nSPS) is 21.3. The van der Waals surface area contributed by atoms with Crippen LogP contribution in [0.15, 0.2) is 18.2 Å². The molecular weight excluding hydrogens is 282 g/mol. The van der Waals surface area contributed by atoms with Crippen molar-refractivity contribution in [1.29, 1.82) is 0 Å². The second-order valence-corrected chi connectivity index (χ2v) is 6.69. The Morgan fingerprint density at radius 1 is 0.955 bits per heavy atom. The number of anilines is 1. The van der Waals surface area contributed by atoms with Gasteiger partial charge in [-0.15, -0.1) is 0 Å². The molecule has 1 heterocycles. The summed E-state index contributed by atoms with van der Waals surface area (Å²) in [4.78, 5) is 4.44. The molecule has 0 atom stereocenters. The van der Waals surface area contributed by atoms with Gasteiger partial charge in [-0.3, -0.25) is 4.90 Å². The molecule has 4 heteroatoms. The average Bonchev–Trinajstić information content (AvgIpc) is 2.57. The predicted molar refractivity (Wildman–Crippen MR) is 86.2 cm³/mol. The first-order valence-electron chi connectivity index (χ1n) is 8.65. The monoisotopic (exact) mass is 308 g/mol. The van der Waals surface area contributed by atoms with Crippen molar-refractivity contribution in [2.75, 3.05) is 37.6 Å². The molecule has 0 bridgehead atoms. The van der Waals surface area contributed by atoms with Crippen LogP contribution in [-0.2, 0) is 0 Å². The third-order valence-electron chi connectivity index (χ3n) is 5.22. The van der Waals surface area contributed by atoms with E-state index in [-0.39, 0.29) is 0 Å². The molecule has 1 aromatic carbocycles. The lowest BCUT2D eigenvalue weighted by Crippen LogP contribution is -2.47. The topological polar surface area (TPSA) is 6.48 Å². The highest BCUT2D eigenvalue weighted by Gasteiger charge is 2.22. The molecule has 1 aliphatic carbocycles. The number of halogens is 2. The first-order valence-corrected chi connectivity index (χ1v) is 8.65. The summed E-state index contributed by atoms with van der Waals surface area (Å²) >= 11 is 0. The minimum atomic E-state index is -0.753. The van der Waals surface area contributed by atoms with Crippen LogP contribution in [0, 0.1) is 17.6 Å². The van der Waals surface area contributed by atoms with Gasteiger partial charge in [0.1, 0.15) is 0 Å². The first-order chi connectivity index (χ1) is 10.7. The van der Waals surface area contributed by atoms with Gasteiger partial charge in [-0.2, -0.15) is 0 Å². The van der Waals surface area contributed by atoms with Crippen LogP contribution in [-0.4, -0.2) is 37.6 Å². The Bertz CT molecular complexity index is 478. The van der Waals surface area contributed by atoms with Crippen molar-refractivity contribution in [3.05, 3.63) is 29.8 Å². The van der Waals surface area contributed by atoms with E-state index in [4.69, 9.17) is 0 Å². The van der Waals surface area contributed by atoms with Crippen LogP contribution in [0.4, 0.5) is 14.5 Å². The lowest BCUT2D eigenvalue weighted by atomic mass is 9.87. The quantitative estimate of drug-likeness (QED) is 0.828. The number of hydrogen-bond donors (Lipinski definition) is 0. The van der Waals surface area contributed by atoms with Gasteiger partial charge in [0.15, 0.2) is 11.6 Å². The Morgan fingerprint density at radius 3 is 2.41 bits per heavy atom. The van der Waals surface area contributed by atoms with Crippen LogP contribution in [0.3, 0.4) is 0 Å². The maximum Gasteiger partial charge on any atom is 0.182 e. The van der Waals surface area contributed by atoms with Crippen molar-refractivity contribution in [2.24, 2.45) is 5.92 Å². The Hall–Kier alpha value is -1.16. The Kier molecular flexibility index (Phi) is 5.29. The largest absolute Gasteiger partial charge is 0.367 e. The maximum atomic E-state index is 13.8. The van der Waals surface area contributed by atoms with Crippen molar-refractivity contribution < 1.29 is 8.78 Å². The SMILES string of the molecule is Fc1cccc(N2CCN(CCC3CCCCC3)CC2)c1F. The van der Waals surface area contributed by atoms with Gasteiger partial charge >= 0.3 is 0 Å². The van der Waals surface area contributed by atoms with E-state index in [9.17, 15) is 8.78 Å². The number of piperazine rings is 1. The van der Waals surface area contributed by atoms with Crippen molar-refractivity contribution >= 4 is 5.69 Å². The fraction of sp³-hybridized carbons (Fsp3) is 0.667. The molecule has 0 unspecified atom stereocenters. The zero-order valence-corrected chi connectivity index (χ0v) is 13.2. The van der Waals surface area contributed by atoms with Gasteiger partial charge in [0.2, 0.25) is 0 Å². The highest BCUT2D eigenvalue weighted by molar-refractivity contribution is 5.48. The molecular formula is C18H26F2N2. The second kappa shape index (κ2) is 7.40. The van der Waals surface area contributed by atoms with E-state index in [1.165, 1.54) is 44.6 Å². The molecule has 1 aromatic rings. The fourth-order valence-corrected chi connectivity index (χ4v) is 3.79. The van der Waals surface area contributed by atoms with Crippen molar-refractivity contribution in [3.8, 4) is 0 Å². The summed E-state index contributed by atoms with van der Waals surface area (Å²) in [7, 11) is 0. The van der Waals surface area contributed by atoms with Gasteiger partial charge in [0.05, 0.1) is 5.69 Å². The molecule has 0 aromatic heterocycles. The molecule has 0 radical (unpaired) electrons. The molecule has 122 valence electrons. The van der Waals surface area contributed by atoms with Gasteiger partial charge in [0.25, 0.3) is 0 Å². The van der Waals surface area contributed by atoms with E-state index in [2.05, 4.69) is 4.90 Å². The summed E-state index contributed by atoms with van der Waals surface area (Å²) in [5, 5.41) is 0. The molecule has 3 rings (SSSR count). The van der Waals surface area contributed by atoms with E-state index >= 15 is 0 Å². The van der Waals surface area contributed by atoms with Crippen LogP contribution in [0.1, 0.15) is 38.5 Å². The van der Waals surface area contributed by atoms with Crippen molar-refractivity contribution in [3.63, 3.8) is 0 Å². The number of rotatable bonds is 4. The number of nitrogens with zero attached hydrogens (tertiary/aromatic N) is 2. The Balaban J connectivity index is 1.47. The van der Waals surface area contributed by atoms with Crippen LogP contribution in [0.5, 0.6) is 0 Å². The zero-order chi connectivity index (χ0) is 15.4. The highest BCUT2D eigenvalue weighted by atomic mass is 19.2. The van der Waals surface area contributed by atoms with Gasteiger partial charge in [-0.05, 0) is 31.0 Å². The van der Waals surface area contributed by atoms with Crippen molar-refractivity contribution in [2.45, 2.75) is 38.5 Å². The van der Waals surface area contributed by atoms with Crippen LogP contribution in [0.2, 0.25) is 0 Å². The zero-order valence-electron chi connectivity index (χ0n) is 13.2. The first kappa shape index (κ1) is 15.7. The van der Waals surface area contributed by atoms with Crippen molar-refractivity contribution in [1.82, 2.24) is 4.90 Å². The standard InChI is InChI=1S/C18H26F2N2/c19-16-7-4-8-17(18(16)20)22-13-11-21(12-14-22)10-9-15-5-2-1-3-6-15/h4,7-8,15H,1-3,5-6,9-14H2. The van der Waals surface area contributed by atoms with E-state index in [1.807, 2.05) is 4.90 Å². The Morgan fingerprint density at radius 2 is 1.68 bits per heavy atom. The molecule has 1 aliphatic heterocycles. The lowest BCUT2D eigenvalue weighted by molar-refractivity contribution is 0.221. The molecule has 0 spiro atoms. The summed E-state index contributed by atoms with van der Waals surface area (Å²) in [5.41, 5.74) is 0.409. The minimum Gasteiger partial charge on any atom is -0.367 e. The third-order valence-corrected chi connectivity index (χ3v) is 5.22. The Labute approximate surface area is 132 Å². The summed E-state index contributed by atoms with van der Waals surface area (Å²) in [6.45, 7) is 4.62. The van der Waals surface area contributed by atoms with Gasteiger partial charge in [-0.25, -0.2) is 8.78 Å². The summed E-state index contributed by atoms with van der Waals surface area (Å²) in [6.07, 6.45) is 8.31. The average molecular weight is 308 g/mol. The lowest BCUT2D eigenvalue weighted by Gasteiger charge is -2.37. The molecule has 22 heavy (non-hydrogen) atoms. The predicted octanol–water partition coefficient (Wildman–Crippen LogP) is 4.06. The molecule has 0 N–H and O–H groups in total. The third kappa shape index (κ3) is 3.78. The molecule has 1 saturated heterocycles. The van der Waals surface area contributed by atoms with Crippen LogP contribution < -0.4 is 4.90 Å². The van der Waals surface area contributed by atoms with E-state index in [1.54, 1.807) is 12.1 Å². The molecule has 2 fully saturated rings. The molecule has 2 aliphatic rings. The minimum absolute atomic E-state index is 0.409. The fourth-order valence-electron chi connectivity index (χ4n) is 3.79. The smallest absolute Gasteiger partial charge is 0.182 e. The van der Waals surface area contributed by atoms with E-state index < -0.39 is 11.6 Å². The van der Waals surface area contributed by atoms with E-state index in [0.717, 1.165) is 38.6 Å². The summed E-state index contributed by atoms with van der Waals surface area (Å²) in [5.74, 6) is -0.553. The maximum absolute atomic E-state index is 13.8. The van der Waals surface area contributed by atoms with Crippen LogP contribution in [0.25, 0.3) is 0 Å². The summed E-state index contributed by atoms with van der Waals surface area (Å²) < 4.78 is 27.2. The number of hydrogen-bond acceptors (Lipinski definition) is 2. The second-order valence-electron chi connectivity index (χ2n) is 6.69. The van der Waals surface area contributed by atoms with Crippen LogP contribution >= 0.6 is 0 Å². The van der Waals surface area contributed by atoms with Gasteiger partial charge in [0, 0.05) is 26.2 Å². The molecule has 1 saturated carbocycles. The van der Waals surface area contributed by atoms with E-state index in [0.29, 0.717) is 5.69 Å². The van der Waals surface area contributed by atoms with Gasteiger partial charge in [-0.1, -0.05) is 38.2 Å². The molecule has 0 amide bonds. The van der Waals surface area contributed by atoms with Gasteiger partial charge < -0.3 is 4.90 Å². The highest BCUT2D eigenvalue weighted by Crippen LogP contribution is 2.27.